The molecule has 0 aliphatic carbocycles. The zero-order chi connectivity index (χ0) is 13.1. The van der Waals surface area contributed by atoms with Crippen LogP contribution < -0.4 is 0 Å². The van der Waals surface area contributed by atoms with E-state index in [0.29, 0.717) is 24.5 Å². The van der Waals surface area contributed by atoms with E-state index in [1.165, 1.54) is 11.1 Å². The number of hydrogen-bond acceptors (Lipinski definition) is 3. The van der Waals surface area contributed by atoms with Crippen LogP contribution in [0.5, 0.6) is 0 Å². The van der Waals surface area contributed by atoms with Gasteiger partial charge in [-0.05, 0) is 12.8 Å². The summed E-state index contributed by atoms with van der Waals surface area (Å²) in [4.78, 5) is 24.3. The minimum absolute atomic E-state index is 0.147. The maximum absolute atomic E-state index is 11.9. The standard InChI is InChI=1S/C11H14ClN3O3/c12-8-6-13-14(7-8)5-3-10(16)15-4-1-2-9(15)11(17)18/h6-7,9H,1-5H2,(H,17,18)/t9-/m1/s1. The van der Waals surface area contributed by atoms with Crippen LogP contribution in [0, 0.1) is 0 Å². The van der Waals surface area contributed by atoms with Gasteiger partial charge in [0.25, 0.3) is 0 Å². The lowest BCUT2D eigenvalue weighted by molar-refractivity contribution is -0.148. The van der Waals surface area contributed by atoms with Crippen LogP contribution in [0.4, 0.5) is 0 Å². The molecule has 0 unspecified atom stereocenters. The van der Waals surface area contributed by atoms with Crippen molar-refractivity contribution in [3.05, 3.63) is 17.4 Å². The van der Waals surface area contributed by atoms with E-state index in [0.717, 1.165) is 6.42 Å². The Hall–Kier alpha value is -1.56. The molecule has 1 aromatic heterocycles. The van der Waals surface area contributed by atoms with Gasteiger partial charge < -0.3 is 10.0 Å². The number of carboxylic acid groups (broad SMARTS) is 1. The molecular weight excluding hydrogens is 258 g/mol. The molecule has 1 saturated heterocycles. The number of carbonyl (C=O) groups is 2. The second-order valence-electron chi connectivity index (χ2n) is 4.26. The van der Waals surface area contributed by atoms with Crippen molar-refractivity contribution in [3.63, 3.8) is 0 Å². The van der Waals surface area contributed by atoms with Crippen molar-refractivity contribution in [1.82, 2.24) is 14.7 Å². The van der Waals surface area contributed by atoms with E-state index in [-0.39, 0.29) is 12.3 Å². The maximum Gasteiger partial charge on any atom is 0.326 e. The van der Waals surface area contributed by atoms with E-state index in [1.807, 2.05) is 0 Å². The summed E-state index contributed by atoms with van der Waals surface area (Å²) in [6.07, 6.45) is 4.65. The molecule has 1 aliphatic heterocycles. The summed E-state index contributed by atoms with van der Waals surface area (Å²) in [5.74, 6) is -1.07. The molecule has 0 saturated carbocycles. The minimum atomic E-state index is -0.928. The molecule has 1 aliphatic rings. The van der Waals surface area contributed by atoms with E-state index in [1.54, 1.807) is 10.9 Å². The van der Waals surface area contributed by atoms with Gasteiger partial charge in [0.1, 0.15) is 6.04 Å². The highest BCUT2D eigenvalue weighted by atomic mass is 35.5. The predicted octanol–water partition coefficient (Wildman–Crippen LogP) is 1.00. The van der Waals surface area contributed by atoms with Crippen LogP contribution in [-0.2, 0) is 16.1 Å². The zero-order valence-corrected chi connectivity index (χ0v) is 10.5. The van der Waals surface area contributed by atoms with Crippen LogP contribution in [-0.4, -0.2) is 44.3 Å². The Labute approximate surface area is 109 Å². The molecule has 0 bridgehead atoms. The number of aliphatic carboxylic acids is 1. The van der Waals surface area contributed by atoms with E-state index in [2.05, 4.69) is 5.10 Å². The van der Waals surface area contributed by atoms with Gasteiger partial charge in [-0.15, -0.1) is 0 Å². The molecule has 1 atom stereocenters. The first kappa shape index (κ1) is 12.9. The second kappa shape index (κ2) is 5.39. The number of nitrogens with zero attached hydrogens (tertiary/aromatic N) is 3. The monoisotopic (exact) mass is 271 g/mol. The fraction of sp³-hybridized carbons (Fsp3) is 0.545. The second-order valence-corrected chi connectivity index (χ2v) is 4.69. The fourth-order valence-corrected chi connectivity index (χ4v) is 2.29. The molecule has 1 aromatic rings. The fourth-order valence-electron chi connectivity index (χ4n) is 2.14. The van der Waals surface area contributed by atoms with Crippen LogP contribution in [0.25, 0.3) is 0 Å². The first-order valence-corrected chi connectivity index (χ1v) is 6.16. The molecule has 18 heavy (non-hydrogen) atoms. The Morgan fingerprint density at radius 2 is 2.33 bits per heavy atom. The average molecular weight is 272 g/mol. The van der Waals surface area contributed by atoms with Crippen molar-refractivity contribution < 1.29 is 14.7 Å². The lowest BCUT2D eigenvalue weighted by Gasteiger charge is -2.21. The van der Waals surface area contributed by atoms with Gasteiger partial charge >= 0.3 is 5.97 Å². The van der Waals surface area contributed by atoms with Gasteiger partial charge in [0.15, 0.2) is 0 Å². The summed E-state index contributed by atoms with van der Waals surface area (Å²) in [5, 5.41) is 13.5. The van der Waals surface area contributed by atoms with Crippen molar-refractivity contribution in [2.75, 3.05) is 6.54 Å². The number of carboxylic acids is 1. The van der Waals surface area contributed by atoms with Gasteiger partial charge in [0.05, 0.1) is 11.2 Å². The molecule has 1 amide bonds. The number of aromatic nitrogens is 2. The topological polar surface area (TPSA) is 75.4 Å². The zero-order valence-electron chi connectivity index (χ0n) is 9.75. The van der Waals surface area contributed by atoms with E-state index >= 15 is 0 Å². The molecule has 0 aromatic carbocycles. The van der Waals surface area contributed by atoms with Gasteiger partial charge in [-0.2, -0.15) is 5.10 Å². The highest BCUT2D eigenvalue weighted by molar-refractivity contribution is 6.30. The Morgan fingerprint density at radius 3 is 2.94 bits per heavy atom. The summed E-state index contributed by atoms with van der Waals surface area (Å²) in [5.41, 5.74) is 0. The normalized spacial score (nSPS) is 19.2. The average Bonchev–Trinajstić information content (AvgIpc) is 2.94. The number of carbonyl (C=O) groups excluding carboxylic acids is 1. The van der Waals surface area contributed by atoms with Crippen LogP contribution in [0.3, 0.4) is 0 Å². The molecular formula is C11H14ClN3O3. The first-order valence-electron chi connectivity index (χ1n) is 5.78. The third-order valence-electron chi connectivity index (χ3n) is 3.01. The molecule has 98 valence electrons. The summed E-state index contributed by atoms with van der Waals surface area (Å²) in [6.45, 7) is 0.935. The van der Waals surface area contributed by atoms with Crippen molar-refractivity contribution >= 4 is 23.5 Å². The minimum Gasteiger partial charge on any atom is -0.480 e. The van der Waals surface area contributed by atoms with Gasteiger partial charge in [0.2, 0.25) is 5.91 Å². The van der Waals surface area contributed by atoms with E-state index in [9.17, 15) is 9.59 Å². The Balaban J connectivity index is 1.89. The molecule has 0 radical (unpaired) electrons. The highest BCUT2D eigenvalue weighted by Gasteiger charge is 2.33. The van der Waals surface area contributed by atoms with Crippen molar-refractivity contribution in [3.8, 4) is 0 Å². The van der Waals surface area contributed by atoms with Crippen LogP contribution in [0.15, 0.2) is 12.4 Å². The molecule has 1 fully saturated rings. The first-order chi connectivity index (χ1) is 8.58. The molecule has 6 nitrogen and oxygen atoms in total. The molecule has 0 spiro atoms. The summed E-state index contributed by atoms with van der Waals surface area (Å²) in [7, 11) is 0. The molecule has 7 heteroatoms. The predicted molar refractivity (Wildman–Crippen MR) is 64.2 cm³/mol. The van der Waals surface area contributed by atoms with Crippen molar-refractivity contribution in [1.29, 1.82) is 0 Å². The summed E-state index contributed by atoms with van der Waals surface area (Å²) < 4.78 is 1.58. The SMILES string of the molecule is O=C(O)[C@H]1CCCN1C(=O)CCn1cc(Cl)cn1. The number of hydrogen-bond donors (Lipinski definition) is 1. The van der Waals surface area contributed by atoms with E-state index < -0.39 is 12.0 Å². The number of rotatable bonds is 4. The number of aryl methyl sites for hydroxylation is 1. The largest absolute Gasteiger partial charge is 0.480 e. The maximum atomic E-state index is 11.9. The third kappa shape index (κ3) is 2.81. The smallest absolute Gasteiger partial charge is 0.326 e. The van der Waals surface area contributed by atoms with Crippen LogP contribution in [0.2, 0.25) is 5.02 Å². The van der Waals surface area contributed by atoms with Crippen LogP contribution in [0.1, 0.15) is 19.3 Å². The summed E-state index contributed by atoms with van der Waals surface area (Å²) in [6, 6.07) is -0.668. The molecule has 2 rings (SSSR count). The van der Waals surface area contributed by atoms with Crippen molar-refractivity contribution in [2.24, 2.45) is 0 Å². The van der Waals surface area contributed by atoms with Gasteiger partial charge in [-0.1, -0.05) is 11.6 Å². The number of halogens is 1. The molecule has 1 N–H and O–H groups in total. The quantitative estimate of drug-likeness (QED) is 0.886. The number of likely N-dealkylation sites (tertiary alicyclic amines) is 1. The van der Waals surface area contributed by atoms with Gasteiger partial charge in [-0.25, -0.2) is 4.79 Å². The Bertz CT molecular complexity index is 460. The Kier molecular flexibility index (Phi) is 3.86. The Morgan fingerprint density at radius 1 is 1.56 bits per heavy atom. The lowest BCUT2D eigenvalue weighted by Crippen LogP contribution is -2.40. The van der Waals surface area contributed by atoms with E-state index in [4.69, 9.17) is 16.7 Å². The van der Waals surface area contributed by atoms with Crippen LogP contribution >= 0.6 is 11.6 Å². The summed E-state index contributed by atoms with van der Waals surface area (Å²) >= 11 is 5.71. The lowest BCUT2D eigenvalue weighted by atomic mass is 10.2. The van der Waals surface area contributed by atoms with Crippen molar-refractivity contribution in [2.45, 2.75) is 31.8 Å². The van der Waals surface area contributed by atoms with Gasteiger partial charge in [-0.3, -0.25) is 9.48 Å². The number of amides is 1. The van der Waals surface area contributed by atoms with Gasteiger partial charge in [0, 0.05) is 25.7 Å². The molecule has 2 heterocycles. The third-order valence-corrected chi connectivity index (χ3v) is 3.21. The highest BCUT2D eigenvalue weighted by Crippen LogP contribution is 2.18.